The first-order chi connectivity index (χ1) is 6.59. The summed E-state index contributed by atoms with van der Waals surface area (Å²) < 4.78 is 0. The molecule has 2 rings (SSSR count). The fourth-order valence-corrected chi connectivity index (χ4v) is 1.22. The van der Waals surface area contributed by atoms with Gasteiger partial charge in [0.1, 0.15) is 5.82 Å². The van der Waals surface area contributed by atoms with Gasteiger partial charge < -0.3 is 10.0 Å². The number of fused-ring (bicyclic) bond motifs is 1. The van der Waals surface area contributed by atoms with E-state index in [1.807, 2.05) is 4.98 Å². The van der Waals surface area contributed by atoms with Crippen LogP contribution in [-0.4, -0.2) is 34.6 Å². The Labute approximate surface area is 77.7 Å². The highest BCUT2D eigenvalue weighted by molar-refractivity contribution is 5.80. The lowest BCUT2D eigenvalue weighted by atomic mass is 10.3. The second-order valence-electron chi connectivity index (χ2n) is 2.91. The van der Waals surface area contributed by atoms with Gasteiger partial charge in [-0.05, 0) is 0 Å². The smallest absolute Gasteiger partial charge is 0.327 e. The molecule has 7 heteroatoms. The van der Waals surface area contributed by atoms with Gasteiger partial charge in [-0.2, -0.15) is 0 Å². The van der Waals surface area contributed by atoms with E-state index in [-0.39, 0.29) is 11.5 Å². The van der Waals surface area contributed by atoms with Gasteiger partial charge in [0.05, 0.1) is 6.21 Å². The fraction of sp³-hybridized carbons (Fsp3) is 0.286. The van der Waals surface area contributed by atoms with Gasteiger partial charge >= 0.3 is 5.69 Å². The molecule has 1 aromatic rings. The summed E-state index contributed by atoms with van der Waals surface area (Å²) in [7, 11) is 1.55. The topological polar surface area (TPSA) is 102 Å². The van der Waals surface area contributed by atoms with E-state index in [9.17, 15) is 14.7 Å². The van der Waals surface area contributed by atoms with Crippen molar-refractivity contribution in [1.82, 2.24) is 9.97 Å². The van der Waals surface area contributed by atoms with Crippen molar-refractivity contribution in [2.45, 2.75) is 6.23 Å². The summed E-state index contributed by atoms with van der Waals surface area (Å²) in [6, 6.07) is 0. The predicted molar refractivity (Wildman–Crippen MR) is 50.2 cm³/mol. The Hall–Kier alpha value is -1.89. The second-order valence-corrected chi connectivity index (χ2v) is 2.91. The molecule has 1 aliphatic rings. The maximum Gasteiger partial charge on any atom is 0.327 e. The highest BCUT2D eigenvalue weighted by atomic mass is 16.3. The fourth-order valence-electron chi connectivity index (χ4n) is 1.22. The van der Waals surface area contributed by atoms with E-state index in [0.29, 0.717) is 0 Å². The number of hydrogen-bond acceptors (Lipinski definition) is 5. The van der Waals surface area contributed by atoms with Crippen LogP contribution in [0, 0.1) is 0 Å². The number of rotatable bonds is 0. The molecule has 1 aliphatic heterocycles. The van der Waals surface area contributed by atoms with E-state index in [1.54, 1.807) is 7.05 Å². The van der Waals surface area contributed by atoms with E-state index in [0.717, 1.165) is 0 Å². The molecular weight excluding hydrogens is 188 g/mol. The lowest BCUT2D eigenvalue weighted by Crippen LogP contribution is -2.39. The Morgan fingerprint density at radius 3 is 2.93 bits per heavy atom. The van der Waals surface area contributed by atoms with E-state index in [1.165, 1.54) is 11.1 Å². The van der Waals surface area contributed by atoms with E-state index < -0.39 is 17.5 Å². The monoisotopic (exact) mass is 196 g/mol. The van der Waals surface area contributed by atoms with Gasteiger partial charge in [0, 0.05) is 7.05 Å². The molecule has 0 aliphatic carbocycles. The van der Waals surface area contributed by atoms with Gasteiger partial charge in [-0.1, -0.05) is 0 Å². The maximum absolute atomic E-state index is 11.2. The highest BCUT2D eigenvalue weighted by Gasteiger charge is 2.21. The van der Waals surface area contributed by atoms with Crippen molar-refractivity contribution < 1.29 is 5.11 Å². The summed E-state index contributed by atoms with van der Waals surface area (Å²) in [4.78, 5) is 31.7. The largest absolute Gasteiger partial charge is 0.368 e. The third-order valence-electron chi connectivity index (χ3n) is 1.98. The van der Waals surface area contributed by atoms with Gasteiger partial charge in [0.25, 0.3) is 5.56 Å². The summed E-state index contributed by atoms with van der Waals surface area (Å²) in [6.45, 7) is 0. The van der Waals surface area contributed by atoms with Crippen molar-refractivity contribution >= 4 is 17.7 Å². The van der Waals surface area contributed by atoms with Crippen LogP contribution in [0.4, 0.5) is 11.5 Å². The molecule has 0 aromatic carbocycles. The molecule has 0 saturated carbocycles. The Morgan fingerprint density at radius 2 is 2.21 bits per heavy atom. The summed E-state index contributed by atoms with van der Waals surface area (Å²) in [6.07, 6.45) is 0.288. The molecule has 0 bridgehead atoms. The van der Waals surface area contributed by atoms with Gasteiger partial charge in [-0.3, -0.25) is 14.8 Å². The van der Waals surface area contributed by atoms with Crippen LogP contribution in [0.1, 0.15) is 0 Å². The molecule has 0 radical (unpaired) electrons. The van der Waals surface area contributed by atoms with Crippen molar-refractivity contribution in [3.05, 3.63) is 20.8 Å². The zero-order chi connectivity index (χ0) is 10.3. The highest BCUT2D eigenvalue weighted by Crippen LogP contribution is 2.23. The van der Waals surface area contributed by atoms with Crippen molar-refractivity contribution in [3.8, 4) is 0 Å². The van der Waals surface area contributed by atoms with Crippen LogP contribution in [0.25, 0.3) is 0 Å². The van der Waals surface area contributed by atoms with E-state index in [4.69, 9.17) is 0 Å². The van der Waals surface area contributed by atoms with Crippen molar-refractivity contribution in [1.29, 1.82) is 0 Å². The lowest BCUT2D eigenvalue weighted by molar-refractivity contribution is 0.244. The minimum Gasteiger partial charge on any atom is -0.368 e. The van der Waals surface area contributed by atoms with E-state index >= 15 is 0 Å². The molecule has 1 unspecified atom stereocenters. The molecule has 2 heterocycles. The Balaban J connectivity index is 2.75. The number of nitrogens with zero attached hydrogens (tertiary/aromatic N) is 2. The van der Waals surface area contributed by atoms with Gasteiger partial charge in [0.2, 0.25) is 0 Å². The number of aliphatic imine (C=N–C) groups is 1. The van der Waals surface area contributed by atoms with E-state index in [2.05, 4.69) is 9.98 Å². The van der Waals surface area contributed by atoms with Gasteiger partial charge in [-0.15, -0.1) is 0 Å². The summed E-state index contributed by atoms with van der Waals surface area (Å²) in [5.41, 5.74) is -1.10. The molecule has 1 aromatic heterocycles. The molecule has 0 spiro atoms. The van der Waals surface area contributed by atoms with Crippen LogP contribution >= 0.6 is 0 Å². The maximum atomic E-state index is 11.2. The third-order valence-corrected chi connectivity index (χ3v) is 1.98. The number of aromatic amines is 2. The van der Waals surface area contributed by atoms with Crippen molar-refractivity contribution in [3.63, 3.8) is 0 Å². The molecule has 7 nitrogen and oxygen atoms in total. The predicted octanol–water partition coefficient (Wildman–Crippen LogP) is -1.47. The van der Waals surface area contributed by atoms with Gasteiger partial charge in [0.15, 0.2) is 11.9 Å². The Kier molecular flexibility index (Phi) is 1.74. The normalized spacial score (nSPS) is 19.6. The molecule has 0 saturated heterocycles. The van der Waals surface area contributed by atoms with Crippen molar-refractivity contribution in [2.24, 2.45) is 4.99 Å². The van der Waals surface area contributed by atoms with Crippen LogP contribution in [-0.2, 0) is 0 Å². The van der Waals surface area contributed by atoms with Crippen molar-refractivity contribution in [2.75, 3.05) is 11.9 Å². The number of hydrogen-bond donors (Lipinski definition) is 3. The molecule has 0 amide bonds. The van der Waals surface area contributed by atoms with Crippen LogP contribution in [0.5, 0.6) is 0 Å². The average molecular weight is 196 g/mol. The summed E-state index contributed by atoms with van der Waals surface area (Å²) in [5, 5.41) is 9.35. The first kappa shape index (κ1) is 8.70. The SMILES string of the molecule is CN1c2[nH]c(=O)[nH]c(=O)c2N=CC1O. The van der Waals surface area contributed by atoms with Gasteiger partial charge in [-0.25, -0.2) is 9.79 Å². The quantitative estimate of drug-likeness (QED) is 0.471. The Morgan fingerprint density at radius 1 is 1.50 bits per heavy atom. The number of nitrogens with one attached hydrogen (secondary N) is 2. The number of aromatic nitrogens is 2. The van der Waals surface area contributed by atoms with Crippen LogP contribution in [0.3, 0.4) is 0 Å². The van der Waals surface area contributed by atoms with Crippen LogP contribution < -0.4 is 16.1 Å². The molecule has 3 N–H and O–H groups in total. The zero-order valence-corrected chi connectivity index (χ0v) is 7.31. The molecular formula is C7H8N4O3. The minimum absolute atomic E-state index is 0.0948. The minimum atomic E-state index is -0.931. The first-order valence-corrected chi connectivity index (χ1v) is 3.91. The number of aliphatic hydroxyl groups excluding tert-OH is 1. The first-order valence-electron chi connectivity index (χ1n) is 3.91. The number of aliphatic hydroxyl groups is 1. The standard InChI is InChI=1S/C7H8N4O3/c1-11-3(12)2-8-4-5(11)9-7(14)10-6(4)13/h2-3,12H,1H3,(H2,9,10,13,14). The average Bonchev–Trinajstić information content (AvgIpc) is 2.12. The van der Waals surface area contributed by atoms with Crippen LogP contribution in [0.2, 0.25) is 0 Å². The third kappa shape index (κ3) is 1.14. The molecule has 74 valence electrons. The molecule has 0 fully saturated rings. The summed E-state index contributed by atoms with van der Waals surface area (Å²) >= 11 is 0. The summed E-state index contributed by atoms with van der Waals surface area (Å²) in [5.74, 6) is 0.216. The molecule has 1 atom stereocenters. The van der Waals surface area contributed by atoms with Crippen LogP contribution in [0.15, 0.2) is 14.6 Å². The number of anilines is 1. The zero-order valence-electron chi connectivity index (χ0n) is 7.31. The second kappa shape index (κ2) is 2.81. The lowest BCUT2D eigenvalue weighted by Gasteiger charge is -2.25. The number of H-pyrrole nitrogens is 2. The Bertz CT molecular complexity index is 500. The molecule has 14 heavy (non-hydrogen) atoms.